The van der Waals surface area contributed by atoms with Gasteiger partial charge in [-0.15, -0.1) is 0 Å². The van der Waals surface area contributed by atoms with Crippen LogP contribution in [0.5, 0.6) is 0 Å². The minimum absolute atomic E-state index is 0.0104. The fraction of sp³-hybridized carbons (Fsp3) is 0.583. The number of rotatable bonds is 9. The molecule has 0 bridgehead atoms. The maximum absolute atomic E-state index is 11.7. The number of guanidine groups is 1. The van der Waals surface area contributed by atoms with Crippen LogP contribution in [-0.4, -0.2) is 39.1 Å². The summed E-state index contributed by atoms with van der Waals surface area (Å²) in [6, 6.07) is -0.816. The molecule has 0 spiro atoms. The smallest absolute Gasteiger partial charge is 0.352 e. The number of nitrogens with one attached hydrogen (secondary N) is 3. The molecule has 11 nitrogen and oxygen atoms in total. The zero-order valence-corrected chi connectivity index (χ0v) is 12.8. The van der Waals surface area contributed by atoms with Crippen LogP contribution < -0.4 is 33.5 Å². The van der Waals surface area contributed by atoms with E-state index in [4.69, 9.17) is 22.6 Å². The van der Waals surface area contributed by atoms with E-state index < -0.39 is 11.7 Å². The SMILES string of the molecule is N=C(N)NCCC[C@H](N)CCCn1cnc(NC(N)=O)nc1=O. The number of hydrogen-bond donors (Lipinski definition) is 6. The number of amides is 2. The first-order valence-corrected chi connectivity index (χ1v) is 7.22. The summed E-state index contributed by atoms with van der Waals surface area (Å²) in [4.78, 5) is 29.8. The average molecular weight is 325 g/mol. The molecular formula is C12H23N9O2. The molecule has 0 saturated carbocycles. The average Bonchev–Trinajstić information content (AvgIpc) is 2.45. The standard InChI is InChI=1S/C12H23N9O2/c13-8(3-1-5-17-9(14)15)4-2-6-21-7-18-11(19-10(16)22)20-12(21)23/h7-8H,1-6,13H2,(H4,14,15,17)(H3,16,19,20,22,23)/t8-/m0/s1. The largest absolute Gasteiger partial charge is 0.370 e. The predicted molar refractivity (Wildman–Crippen MR) is 85.9 cm³/mol. The fourth-order valence-corrected chi connectivity index (χ4v) is 1.94. The molecule has 1 heterocycles. The molecule has 128 valence electrons. The second-order valence-corrected chi connectivity index (χ2v) is 5.03. The van der Waals surface area contributed by atoms with E-state index in [0.717, 1.165) is 19.3 Å². The van der Waals surface area contributed by atoms with Gasteiger partial charge in [0.1, 0.15) is 6.33 Å². The van der Waals surface area contributed by atoms with E-state index >= 15 is 0 Å². The molecule has 0 aliphatic carbocycles. The van der Waals surface area contributed by atoms with Gasteiger partial charge in [0.2, 0.25) is 5.95 Å². The lowest BCUT2D eigenvalue weighted by molar-refractivity contribution is 0.259. The summed E-state index contributed by atoms with van der Waals surface area (Å²) >= 11 is 0. The van der Waals surface area contributed by atoms with Gasteiger partial charge in [0, 0.05) is 19.1 Å². The van der Waals surface area contributed by atoms with Gasteiger partial charge < -0.3 is 22.5 Å². The minimum atomic E-state index is -0.826. The van der Waals surface area contributed by atoms with Crippen LogP contribution in [0.2, 0.25) is 0 Å². The van der Waals surface area contributed by atoms with Crippen LogP contribution in [0.15, 0.2) is 11.1 Å². The number of hydrogen-bond acceptors (Lipinski definition) is 6. The van der Waals surface area contributed by atoms with Crippen molar-refractivity contribution in [2.24, 2.45) is 17.2 Å². The van der Waals surface area contributed by atoms with E-state index in [-0.39, 0.29) is 17.9 Å². The lowest BCUT2D eigenvalue weighted by Crippen LogP contribution is -2.32. The summed E-state index contributed by atoms with van der Waals surface area (Å²) in [6.45, 7) is 1.06. The highest BCUT2D eigenvalue weighted by atomic mass is 16.2. The second kappa shape index (κ2) is 9.35. The summed E-state index contributed by atoms with van der Waals surface area (Å²) < 4.78 is 1.34. The third-order valence-electron chi connectivity index (χ3n) is 3.04. The van der Waals surface area contributed by atoms with Crippen molar-refractivity contribution < 1.29 is 4.79 Å². The zero-order valence-electron chi connectivity index (χ0n) is 12.8. The number of nitrogens with zero attached hydrogens (tertiary/aromatic N) is 3. The Hall–Kier alpha value is -2.69. The first kappa shape index (κ1) is 18.4. The lowest BCUT2D eigenvalue weighted by atomic mass is 10.1. The van der Waals surface area contributed by atoms with E-state index in [0.29, 0.717) is 19.5 Å². The summed E-state index contributed by atoms with van der Waals surface area (Å²) in [6.07, 6.45) is 4.37. The quantitative estimate of drug-likeness (QED) is 0.181. The van der Waals surface area contributed by atoms with Gasteiger partial charge in [-0.05, 0) is 25.7 Å². The second-order valence-electron chi connectivity index (χ2n) is 5.03. The van der Waals surface area contributed by atoms with E-state index in [2.05, 4.69) is 20.6 Å². The number of aryl methyl sites for hydroxylation is 1. The molecule has 1 rings (SSSR count). The Morgan fingerprint density at radius 3 is 2.65 bits per heavy atom. The van der Waals surface area contributed by atoms with Gasteiger partial charge in [-0.25, -0.2) is 14.6 Å². The Morgan fingerprint density at radius 2 is 2.04 bits per heavy atom. The molecule has 23 heavy (non-hydrogen) atoms. The van der Waals surface area contributed by atoms with Gasteiger partial charge in [0.15, 0.2) is 5.96 Å². The molecule has 0 aromatic carbocycles. The first-order valence-electron chi connectivity index (χ1n) is 7.22. The van der Waals surface area contributed by atoms with Crippen LogP contribution in [0.25, 0.3) is 0 Å². The van der Waals surface area contributed by atoms with E-state index in [1.807, 2.05) is 0 Å². The minimum Gasteiger partial charge on any atom is -0.370 e. The number of carbonyl (C=O) groups excluding carboxylic acids is 1. The van der Waals surface area contributed by atoms with Crippen LogP contribution in [-0.2, 0) is 6.54 Å². The Bertz CT molecular complexity index is 586. The molecule has 2 amide bonds. The molecule has 9 N–H and O–H groups in total. The molecule has 1 atom stereocenters. The van der Waals surface area contributed by atoms with Crippen molar-refractivity contribution in [2.75, 3.05) is 11.9 Å². The molecule has 0 fully saturated rings. The predicted octanol–water partition coefficient (Wildman–Crippen LogP) is -1.50. The molecule has 0 unspecified atom stereocenters. The van der Waals surface area contributed by atoms with Crippen molar-refractivity contribution in [1.29, 1.82) is 5.41 Å². The number of carbonyl (C=O) groups is 1. The molecule has 0 saturated heterocycles. The highest BCUT2D eigenvalue weighted by molar-refractivity contribution is 5.85. The van der Waals surface area contributed by atoms with Crippen LogP contribution in [0.1, 0.15) is 25.7 Å². The van der Waals surface area contributed by atoms with Gasteiger partial charge in [-0.3, -0.25) is 15.3 Å². The van der Waals surface area contributed by atoms with Crippen molar-refractivity contribution in [3.63, 3.8) is 0 Å². The van der Waals surface area contributed by atoms with Crippen LogP contribution in [0.3, 0.4) is 0 Å². The summed E-state index contributed by atoms with van der Waals surface area (Å²) in [5.41, 5.74) is 15.6. The Kier molecular flexibility index (Phi) is 7.47. The van der Waals surface area contributed by atoms with Gasteiger partial charge in [-0.2, -0.15) is 4.98 Å². The Labute approximate surface area is 133 Å². The third-order valence-corrected chi connectivity index (χ3v) is 3.04. The van der Waals surface area contributed by atoms with Crippen molar-refractivity contribution in [2.45, 2.75) is 38.3 Å². The molecule has 1 aromatic heterocycles. The monoisotopic (exact) mass is 325 g/mol. The molecular weight excluding hydrogens is 302 g/mol. The third kappa shape index (κ3) is 7.76. The lowest BCUT2D eigenvalue weighted by Gasteiger charge is -2.12. The molecule has 11 heteroatoms. The summed E-state index contributed by atoms with van der Waals surface area (Å²) in [5.74, 6) is -0.166. The number of anilines is 1. The van der Waals surface area contributed by atoms with E-state index in [9.17, 15) is 9.59 Å². The summed E-state index contributed by atoms with van der Waals surface area (Å²) in [7, 11) is 0. The van der Waals surface area contributed by atoms with Crippen LogP contribution >= 0.6 is 0 Å². The first-order chi connectivity index (χ1) is 10.9. The van der Waals surface area contributed by atoms with Gasteiger partial charge in [-0.1, -0.05) is 0 Å². The molecule has 0 aliphatic heterocycles. The maximum atomic E-state index is 11.7. The highest BCUT2D eigenvalue weighted by Crippen LogP contribution is 2.03. The highest BCUT2D eigenvalue weighted by Gasteiger charge is 2.06. The van der Waals surface area contributed by atoms with E-state index in [1.165, 1.54) is 10.9 Å². The maximum Gasteiger partial charge on any atom is 0.352 e. The number of urea groups is 1. The van der Waals surface area contributed by atoms with Crippen molar-refractivity contribution in [3.05, 3.63) is 16.8 Å². The molecule has 1 aromatic rings. The Balaban J connectivity index is 2.31. The Morgan fingerprint density at radius 1 is 1.35 bits per heavy atom. The van der Waals surface area contributed by atoms with Crippen LogP contribution in [0.4, 0.5) is 10.7 Å². The van der Waals surface area contributed by atoms with Gasteiger partial charge in [0.25, 0.3) is 0 Å². The topological polar surface area (TPSA) is 191 Å². The number of aromatic nitrogens is 3. The van der Waals surface area contributed by atoms with Gasteiger partial charge >= 0.3 is 11.7 Å². The van der Waals surface area contributed by atoms with Crippen LogP contribution in [0, 0.1) is 5.41 Å². The summed E-state index contributed by atoms with van der Waals surface area (Å²) in [5, 5.41) is 11.9. The molecule has 0 radical (unpaired) electrons. The van der Waals surface area contributed by atoms with Crippen molar-refractivity contribution in [3.8, 4) is 0 Å². The normalized spacial score (nSPS) is 11.7. The van der Waals surface area contributed by atoms with E-state index in [1.54, 1.807) is 0 Å². The molecule has 0 aliphatic rings. The fourth-order valence-electron chi connectivity index (χ4n) is 1.94. The van der Waals surface area contributed by atoms with Crippen molar-refractivity contribution >= 4 is 17.9 Å². The number of nitrogens with two attached hydrogens (primary N) is 3. The number of primary amides is 1. The van der Waals surface area contributed by atoms with Gasteiger partial charge in [0.05, 0.1) is 0 Å². The van der Waals surface area contributed by atoms with Crippen molar-refractivity contribution in [1.82, 2.24) is 19.9 Å². The zero-order chi connectivity index (χ0) is 17.2.